The van der Waals surface area contributed by atoms with E-state index >= 15 is 0 Å². The molecular weight excluding hydrogens is 250 g/mol. The summed E-state index contributed by atoms with van der Waals surface area (Å²) in [6, 6.07) is 0. The molecule has 4 nitrogen and oxygen atoms in total. The van der Waals surface area contributed by atoms with Gasteiger partial charge in [-0.2, -0.15) is 5.26 Å². The standard InChI is InChI=1S/C13H25NO3S/c1-4-7-9-16-13(18-12-14,11-15-6-3)17-10-8-5-2/h4-11H2,1-3H3. The zero-order valence-electron chi connectivity index (χ0n) is 11.7. The van der Waals surface area contributed by atoms with Crippen LogP contribution in [0.15, 0.2) is 0 Å². The third-order valence-electron chi connectivity index (χ3n) is 2.32. The lowest BCUT2D eigenvalue weighted by atomic mass is 10.3. The molecule has 106 valence electrons. The van der Waals surface area contributed by atoms with Crippen LogP contribution in [-0.4, -0.2) is 31.5 Å². The van der Waals surface area contributed by atoms with Gasteiger partial charge in [0.25, 0.3) is 5.12 Å². The highest BCUT2D eigenvalue weighted by Gasteiger charge is 2.34. The molecule has 0 bridgehead atoms. The number of nitrogens with zero attached hydrogens (tertiary/aromatic N) is 1. The van der Waals surface area contributed by atoms with Crippen molar-refractivity contribution in [2.24, 2.45) is 0 Å². The molecule has 0 heterocycles. The van der Waals surface area contributed by atoms with Crippen LogP contribution >= 0.6 is 11.8 Å². The number of thiocyanates is 1. The van der Waals surface area contributed by atoms with Gasteiger partial charge in [-0.15, -0.1) is 0 Å². The van der Waals surface area contributed by atoms with E-state index in [1.807, 2.05) is 6.92 Å². The van der Waals surface area contributed by atoms with Gasteiger partial charge in [0.05, 0.1) is 13.2 Å². The average molecular weight is 275 g/mol. The van der Waals surface area contributed by atoms with Gasteiger partial charge in [-0.1, -0.05) is 26.7 Å². The van der Waals surface area contributed by atoms with E-state index in [9.17, 15) is 0 Å². The maximum atomic E-state index is 8.91. The molecule has 0 aliphatic rings. The van der Waals surface area contributed by atoms with Gasteiger partial charge in [-0.25, -0.2) is 0 Å². The number of rotatable bonds is 12. The topological polar surface area (TPSA) is 51.5 Å². The number of ether oxygens (including phenoxy) is 3. The van der Waals surface area contributed by atoms with E-state index in [2.05, 4.69) is 19.2 Å². The number of unbranched alkanes of at least 4 members (excludes halogenated alkanes) is 2. The monoisotopic (exact) mass is 275 g/mol. The van der Waals surface area contributed by atoms with Gasteiger partial charge in [0.2, 0.25) is 0 Å². The summed E-state index contributed by atoms with van der Waals surface area (Å²) in [4.78, 5) is 0. The van der Waals surface area contributed by atoms with E-state index in [0.29, 0.717) is 19.8 Å². The van der Waals surface area contributed by atoms with Crippen molar-refractivity contribution in [2.75, 3.05) is 26.4 Å². The summed E-state index contributed by atoms with van der Waals surface area (Å²) < 4.78 is 16.9. The maximum Gasteiger partial charge on any atom is 0.256 e. The second-order valence-electron chi connectivity index (χ2n) is 3.92. The van der Waals surface area contributed by atoms with E-state index in [-0.39, 0.29) is 6.61 Å². The molecule has 0 rings (SSSR count). The van der Waals surface area contributed by atoms with Gasteiger partial charge in [-0.05, 0) is 19.8 Å². The first-order valence-corrected chi connectivity index (χ1v) is 7.49. The minimum Gasteiger partial charge on any atom is -0.375 e. The summed E-state index contributed by atoms with van der Waals surface area (Å²) in [6.45, 7) is 8.16. The lowest BCUT2D eigenvalue weighted by Gasteiger charge is -2.30. The molecule has 5 heteroatoms. The predicted molar refractivity (Wildman–Crippen MR) is 74.1 cm³/mol. The maximum absolute atomic E-state index is 8.91. The molecule has 18 heavy (non-hydrogen) atoms. The van der Waals surface area contributed by atoms with Crippen LogP contribution < -0.4 is 0 Å². The fraction of sp³-hybridized carbons (Fsp3) is 0.923. The Kier molecular flexibility index (Phi) is 11.6. The molecule has 0 atom stereocenters. The molecule has 0 radical (unpaired) electrons. The van der Waals surface area contributed by atoms with Crippen molar-refractivity contribution in [1.82, 2.24) is 0 Å². The Labute approximate surface area is 115 Å². The first-order valence-electron chi connectivity index (χ1n) is 6.67. The fourth-order valence-electron chi connectivity index (χ4n) is 1.25. The van der Waals surface area contributed by atoms with Crippen molar-refractivity contribution < 1.29 is 14.2 Å². The SMILES string of the molecule is CCCCOC(COCC)(OCCCC)SC#N. The van der Waals surface area contributed by atoms with Crippen LogP contribution in [0.5, 0.6) is 0 Å². The van der Waals surface area contributed by atoms with Crippen molar-refractivity contribution >= 4 is 11.8 Å². The smallest absolute Gasteiger partial charge is 0.256 e. The number of thioether (sulfide) groups is 1. The van der Waals surface area contributed by atoms with Crippen LogP contribution in [0.25, 0.3) is 0 Å². The highest BCUT2D eigenvalue weighted by Crippen LogP contribution is 2.29. The molecule has 0 fully saturated rings. The van der Waals surface area contributed by atoms with Gasteiger partial charge in [0, 0.05) is 18.4 Å². The van der Waals surface area contributed by atoms with Crippen LogP contribution in [0.1, 0.15) is 46.5 Å². The summed E-state index contributed by atoms with van der Waals surface area (Å²) in [5.74, 6) is 0. The van der Waals surface area contributed by atoms with Crippen LogP contribution in [0.2, 0.25) is 0 Å². The Morgan fingerprint density at radius 3 is 2.00 bits per heavy atom. The molecule has 0 N–H and O–H groups in total. The van der Waals surface area contributed by atoms with E-state index in [4.69, 9.17) is 19.5 Å². The highest BCUT2D eigenvalue weighted by molar-refractivity contribution is 8.04. The molecule has 0 aromatic heterocycles. The quantitative estimate of drug-likeness (QED) is 0.310. The number of nitriles is 1. The van der Waals surface area contributed by atoms with E-state index in [1.165, 1.54) is 0 Å². The molecule has 0 saturated heterocycles. The van der Waals surface area contributed by atoms with Gasteiger partial charge in [0.15, 0.2) is 0 Å². The molecule has 0 spiro atoms. The molecule has 0 aliphatic heterocycles. The molecule has 0 aromatic rings. The van der Waals surface area contributed by atoms with Crippen molar-refractivity contribution in [3.63, 3.8) is 0 Å². The minimum atomic E-state index is -0.963. The Morgan fingerprint density at radius 2 is 1.61 bits per heavy atom. The van der Waals surface area contributed by atoms with Crippen molar-refractivity contribution in [3.8, 4) is 5.40 Å². The van der Waals surface area contributed by atoms with E-state index in [1.54, 1.807) is 0 Å². The van der Waals surface area contributed by atoms with Crippen LogP contribution in [-0.2, 0) is 14.2 Å². The van der Waals surface area contributed by atoms with Gasteiger partial charge in [0.1, 0.15) is 12.0 Å². The predicted octanol–water partition coefficient (Wildman–Crippen LogP) is 3.52. The van der Waals surface area contributed by atoms with Crippen LogP contribution in [0, 0.1) is 10.7 Å². The molecule has 0 unspecified atom stereocenters. The summed E-state index contributed by atoms with van der Waals surface area (Å²) in [5, 5.41) is 10.0. The second kappa shape index (κ2) is 11.8. The van der Waals surface area contributed by atoms with Gasteiger partial charge >= 0.3 is 0 Å². The Bertz CT molecular complexity index is 221. The molecule has 0 saturated carbocycles. The zero-order chi connectivity index (χ0) is 13.7. The third kappa shape index (κ3) is 7.93. The van der Waals surface area contributed by atoms with E-state index < -0.39 is 5.12 Å². The van der Waals surface area contributed by atoms with Crippen molar-refractivity contribution in [1.29, 1.82) is 5.26 Å². The summed E-state index contributed by atoms with van der Waals surface area (Å²) in [6.07, 6.45) is 4.02. The van der Waals surface area contributed by atoms with Crippen LogP contribution in [0.4, 0.5) is 0 Å². The first kappa shape index (κ1) is 17.7. The van der Waals surface area contributed by atoms with Gasteiger partial charge in [-0.3, -0.25) is 0 Å². The molecule has 0 aromatic carbocycles. The van der Waals surface area contributed by atoms with E-state index in [0.717, 1.165) is 37.4 Å². The summed E-state index contributed by atoms with van der Waals surface area (Å²) >= 11 is 1.00. The van der Waals surface area contributed by atoms with Crippen LogP contribution in [0.3, 0.4) is 0 Å². The third-order valence-corrected chi connectivity index (χ3v) is 3.08. The normalized spacial score (nSPS) is 11.4. The number of hydrogen-bond donors (Lipinski definition) is 0. The Balaban J connectivity index is 4.40. The Hall–Kier alpha value is -0.280. The molecule has 0 amide bonds. The van der Waals surface area contributed by atoms with Crippen molar-refractivity contribution in [2.45, 2.75) is 51.6 Å². The fourth-order valence-corrected chi connectivity index (χ4v) is 1.82. The summed E-state index contributed by atoms with van der Waals surface area (Å²) in [5.41, 5.74) is 0. The first-order chi connectivity index (χ1) is 8.74. The molecule has 0 aliphatic carbocycles. The largest absolute Gasteiger partial charge is 0.375 e. The lowest BCUT2D eigenvalue weighted by Crippen LogP contribution is -2.38. The van der Waals surface area contributed by atoms with Gasteiger partial charge < -0.3 is 14.2 Å². The van der Waals surface area contributed by atoms with Crippen molar-refractivity contribution in [3.05, 3.63) is 0 Å². The number of hydrogen-bond acceptors (Lipinski definition) is 5. The summed E-state index contributed by atoms with van der Waals surface area (Å²) in [7, 11) is 0. The second-order valence-corrected chi connectivity index (χ2v) is 4.93. The zero-order valence-corrected chi connectivity index (χ0v) is 12.6. The average Bonchev–Trinajstić information content (AvgIpc) is 2.37. The molecular formula is C13H25NO3S. The Morgan fingerprint density at radius 1 is 1.06 bits per heavy atom. The highest BCUT2D eigenvalue weighted by atomic mass is 32.2. The lowest BCUT2D eigenvalue weighted by molar-refractivity contribution is -0.199. The minimum absolute atomic E-state index is 0.287.